The monoisotopic (exact) mass is 914 g/mol. The van der Waals surface area contributed by atoms with Crippen LogP contribution in [0.25, 0.3) is 0 Å². The first kappa shape index (κ1) is 49.4. The number of alkyl carbamates (subject to hydrolysis) is 1. The van der Waals surface area contributed by atoms with Crippen molar-refractivity contribution in [3.63, 3.8) is 0 Å². The number of rotatable bonds is 16. The van der Waals surface area contributed by atoms with Gasteiger partial charge in [0.15, 0.2) is 9.84 Å². The van der Waals surface area contributed by atoms with E-state index >= 15 is 8.78 Å². The van der Waals surface area contributed by atoms with Crippen LogP contribution in [0, 0.1) is 5.92 Å². The van der Waals surface area contributed by atoms with Crippen LogP contribution in [0.3, 0.4) is 0 Å². The van der Waals surface area contributed by atoms with Crippen molar-refractivity contribution < 1.29 is 63.8 Å². The average molecular weight is 915 g/mol. The summed E-state index contributed by atoms with van der Waals surface area (Å²) >= 11 is 5.91. The molecule has 1 aliphatic heterocycles. The lowest BCUT2D eigenvalue weighted by atomic mass is 9.98. The fourth-order valence-corrected chi connectivity index (χ4v) is 8.51. The third-order valence-corrected chi connectivity index (χ3v) is 12.1. The summed E-state index contributed by atoms with van der Waals surface area (Å²) in [6.45, 7) is 6.78. The van der Waals surface area contributed by atoms with Gasteiger partial charge in [-0.3, -0.25) is 19.2 Å². The molecule has 0 aromatic heterocycles. The number of methoxy groups -OCH3 is 1. The average Bonchev–Trinajstić information content (AvgIpc) is 3.65. The van der Waals surface area contributed by atoms with Crippen molar-refractivity contribution in [1.82, 2.24) is 20.9 Å². The number of benzene rings is 3. The zero-order valence-corrected chi connectivity index (χ0v) is 36.2. The van der Waals surface area contributed by atoms with Crippen LogP contribution in [-0.2, 0) is 58.4 Å². The molecule has 3 aromatic carbocycles. The van der Waals surface area contributed by atoms with Crippen LogP contribution in [-0.4, -0.2) is 91.7 Å². The number of nitrogens with one attached hydrogen (secondary N) is 3. The summed E-state index contributed by atoms with van der Waals surface area (Å²) in [5.41, 5.74) is -0.475. The topological polar surface area (TPSA) is 177 Å². The third-order valence-electron chi connectivity index (χ3n) is 9.78. The highest BCUT2D eigenvalue weighted by Crippen LogP contribution is 2.32. The number of amides is 4. The Bertz CT molecular complexity index is 2220. The standard InChI is InChI=1S/C42H48ClF5N4O9S/c1-24(2)34(35(53)42(46,47)48)51-36(54)33-20-31(62(58,59)23-27-14-16-30(60-6)17-15-27)22-52(33)37(55)32(50-38(56)41(44,45)28-8-7-9-29(43)19-28)18-25-10-12-26(13-11-25)21-49-39(57)61-40(3,4)5/h7-17,19,24,31-34H,18,20-23H2,1-6H3,(H,49,57)(H,50,56)(H,51,54)/t31-,32+,33+,34+/m1/s1. The van der Waals surface area contributed by atoms with E-state index in [1.807, 2.05) is 10.6 Å². The molecule has 1 heterocycles. The van der Waals surface area contributed by atoms with Gasteiger partial charge in [-0.2, -0.15) is 22.0 Å². The van der Waals surface area contributed by atoms with Crippen LogP contribution >= 0.6 is 11.6 Å². The molecule has 13 nitrogen and oxygen atoms in total. The Morgan fingerprint density at radius 2 is 1.47 bits per heavy atom. The lowest BCUT2D eigenvalue weighted by Crippen LogP contribution is -2.58. The number of nitrogens with zero attached hydrogens (tertiary/aromatic N) is 1. The van der Waals surface area contributed by atoms with Gasteiger partial charge in [0.2, 0.25) is 11.8 Å². The number of alkyl halides is 5. The van der Waals surface area contributed by atoms with Crippen molar-refractivity contribution in [2.75, 3.05) is 13.7 Å². The van der Waals surface area contributed by atoms with Crippen LogP contribution in [0.5, 0.6) is 5.75 Å². The number of carbonyl (C=O) groups excluding carboxylic acids is 5. The number of carbonyl (C=O) groups is 5. The Hall–Kier alpha value is -5.30. The predicted molar refractivity (Wildman–Crippen MR) is 218 cm³/mol. The molecule has 0 aliphatic carbocycles. The largest absolute Gasteiger partial charge is 0.497 e. The molecule has 62 heavy (non-hydrogen) atoms. The number of likely N-dealkylation sites (tertiary alicyclic amines) is 1. The molecule has 4 atom stereocenters. The van der Waals surface area contributed by atoms with Crippen molar-refractivity contribution in [3.05, 3.63) is 100 Å². The molecular weight excluding hydrogens is 867 g/mol. The van der Waals surface area contributed by atoms with Gasteiger partial charge in [0.1, 0.15) is 23.4 Å². The van der Waals surface area contributed by atoms with Crippen molar-refractivity contribution in [2.24, 2.45) is 5.92 Å². The fourth-order valence-electron chi connectivity index (χ4n) is 6.56. The van der Waals surface area contributed by atoms with Crippen molar-refractivity contribution >= 4 is 51.0 Å². The highest BCUT2D eigenvalue weighted by Gasteiger charge is 2.50. The Morgan fingerprint density at radius 3 is 2.02 bits per heavy atom. The minimum Gasteiger partial charge on any atom is -0.497 e. The molecule has 0 unspecified atom stereocenters. The summed E-state index contributed by atoms with van der Waals surface area (Å²) in [5, 5.41) is 5.01. The van der Waals surface area contributed by atoms with Crippen molar-refractivity contribution in [1.29, 1.82) is 0 Å². The van der Waals surface area contributed by atoms with E-state index in [0.717, 1.165) is 12.1 Å². The molecule has 4 amide bonds. The number of ketones is 1. The van der Waals surface area contributed by atoms with Crippen molar-refractivity contribution in [2.45, 2.75) is 101 Å². The quantitative estimate of drug-likeness (QED) is 0.145. The maximum atomic E-state index is 15.7. The Kier molecular flexibility index (Phi) is 15.8. The van der Waals surface area contributed by atoms with Crippen LogP contribution in [0.2, 0.25) is 5.02 Å². The summed E-state index contributed by atoms with van der Waals surface area (Å²) < 4.78 is 110. The minimum atomic E-state index is -5.37. The lowest BCUT2D eigenvalue weighted by Gasteiger charge is -2.31. The van der Waals surface area contributed by atoms with E-state index < -0.39 is 117 Å². The smallest absolute Gasteiger partial charge is 0.452 e. The molecule has 0 radical (unpaired) electrons. The number of Topliss-reactive ketones (excluding diaryl/α,β-unsaturated/α-hetero) is 1. The summed E-state index contributed by atoms with van der Waals surface area (Å²) in [6.07, 6.45) is -7.24. The van der Waals surface area contributed by atoms with E-state index in [1.165, 1.54) is 81.6 Å². The highest BCUT2D eigenvalue weighted by atomic mass is 35.5. The SMILES string of the molecule is COc1ccc(CS(=O)(=O)[C@@H]2C[C@@H](C(=O)N[C@H](C(=O)C(F)(F)F)C(C)C)N(C(=O)[C@H](Cc3ccc(CNC(=O)OC(C)(C)C)cc3)NC(=O)C(F)(F)c3cccc(Cl)c3)C2)cc1. The van der Waals surface area contributed by atoms with E-state index in [0.29, 0.717) is 21.8 Å². The molecule has 4 rings (SSSR count). The van der Waals surface area contributed by atoms with Gasteiger partial charge in [-0.15, -0.1) is 0 Å². The van der Waals surface area contributed by atoms with Gasteiger partial charge in [-0.1, -0.05) is 74.0 Å². The zero-order valence-electron chi connectivity index (χ0n) is 34.6. The third kappa shape index (κ3) is 13.1. The molecule has 0 saturated carbocycles. The Morgan fingerprint density at radius 1 is 0.871 bits per heavy atom. The number of halogens is 6. The molecule has 1 aliphatic rings. The molecule has 0 bridgehead atoms. The second-order valence-electron chi connectivity index (χ2n) is 16.1. The van der Waals surface area contributed by atoms with Crippen LogP contribution in [0.4, 0.5) is 26.7 Å². The van der Waals surface area contributed by atoms with Gasteiger partial charge in [-0.05, 0) is 74.1 Å². The molecule has 1 saturated heterocycles. The Labute approximate surface area is 360 Å². The number of ether oxygens (including phenoxy) is 2. The molecule has 0 spiro atoms. The zero-order chi connectivity index (χ0) is 46.4. The summed E-state index contributed by atoms with van der Waals surface area (Å²) in [7, 11) is -2.86. The van der Waals surface area contributed by atoms with Gasteiger partial charge in [0, 0.05) is 30.1 Å². The molecule has 1 fully saturated rings. The first-order valence-electron chi connectivity index (χ1n) is 19.3. The van der Waals surface area contributed by atoms with E-state index in [2.05, 4.69) is 5.32 Å². The molecule has 3 aromatic rings. The molecular formula is C42H48ClF5N4O9S. The fraction of sp³-hybridized carbons (Fsp3) is 0.452. The first-order valence-corrected chi connectivity index (χ1v) is 21.4. The maximum absolute atomic E-state index is 15.7. The second-order valence-corrected chi connectivity index (χ2v) is 18.8. The maximum Gasteiger partial charge on any atom is 0.452 e. The van der Waals surface area contributed by atoms with Crippen LogP contribution in [0.1, 0.15) is 63.3 Å². The van der Waals surface area contributed by atoms with Gasteiger partial charge < -0.3 is 30.3 Å². The van der Waals surface area contributed by atoms with Gasteiger partial charge >= 0.3 is 18.2 Å². The minimum absolute atomic E-state index is 0.00527. The van der Waals surface area contributed by atoms with Crippen molar-refractivity contribution in [3.8, 4) is 5.75 Å². The van der Waals surface area contributed by atoms with Crippen LogP contribution in [0.15, 0.2) is 72.8 Å². The normalized spacial score (nSPS) is 16.9. The summed E-state index contributed by atoms with van der Waals surface area (Å²) in [5.74, 6) is -12.4. The Balaban J connectivity index is 1.73. The van der Waals surface area contributed by atoms with Gasteiger partial charge in [-0.25, -0.2) is 13.2 Å². The van der Waals surface area contributed by atoms with E-state index in [1.54, 1.807) is 20.8 Å². The number of hydrogen-bond donors (Lipinski definition) is 3. The second kappa shape index (κ2) is 19.8. The first-order chi connectivity index (χ1) is 28.7. The van der Waals surface area contributed by atoms with E-state index in [9.17, 15) is 45.6 Å². The molecule has 338 valence electrons. The van der Waals surface area contributed by atoms with E-state index in [-0.39, 0.29) is 17.1 Å². The van der Waals surface area contributed by atoms with E-state index in [4.69, 9.17) is 21.1 Å². The summed E-state index contributed by atoms with van der Waals surface area (Å²) in [6, 6.07) is 10.3. The van der Waals surface area contributed by atoms with Gasteiger partial charge in [0.25, 0.3) is 11.7 Å². The van der Waals surface area contributed by atoms with Gasteiger partial charge in [0.05, 0.1) is 24.2 Å². The molecule has 20 heteroatoms. The predicted octanol–water partition coefficient (Wildman–Crippen LogP) is 6.05. The highest BCUT2D eigenvalue weighted by molar-refractivity contribution is 7.91. The number of hydrogen-bond acceptors (Lipinski definition) is 9. The summed E-state index contributed by atoms with van der Waals surface area (Å²) in [4.78, 5) is 67.2. The van der Waals surface area contributed by atoms with Crippen LogP contribution < -0.4 is 20.7 Å². The number of sulfone groups is 1. The molecule has 3 N–H and O–H groups in total. The lowest BCUT2D eigenvalue weighted by molar-refractivity contribution is -0.175.